The first-order valence-corrected chi connectivity index (χ1v) is 5.65. The fourth-order valence-corrected chi connectivity index (χ4v) is 2.28. The van der Waals surface area contributed by atoms with Crippen LogP contribution in [0.4, 0.5) is 9.39 Å². The van der Waals surface area contributed by atoms with Gasteiger partial charge < -0.3 is 5.73 Å². The lowest BCUT2D eigenvalue weighted by molar-refractivity contribution is 0.762. The Morgan fingerprint density at radius 1 is 1.62 bits per heavy atom. The lowest BCUT2D eigenvalue weighted by Crippen LogP contribution is -2.23. The van der Waals surface area contributed by atoms with Gasteiger partial charge in [-0.2, -0.15) is 5.26 Å². The van der Waals surface area contributed by atoms with Gasteiger partial charge in [-0.25, -0.2) is 4.39 Å². The van der Waals surface area contributed by atoms with Crippen LogP contribution in [0.5, 0.6) is 0 Å². The average Bonchev–Trinajstić information content (AvgIpc) is 2.53. The summed E-state index contributed by atoms with van der Waals surface area (Å²) in [4.78, 5) is 0. The Labute approximate surface area is 97.8 Å². The molecule has 0 saturated carbocycles. The van der Waals surface area contributed by atoms with E-state index in [1.807, 2.05) is 26.0 Å². The molecular formula is C12H13FN2S. The van der Waals surface area contributed by atoms with Gasteiger partial charge in [-0.1, -0.05) is 26.5 Å². The number of allylic oxidation sites excluding steroid dienone is 1. The molecule has 0 aromatic carbocycles. The molecule has 0 fully saturated rings. The second kappa shape index (κ2) is 4.95. The highest BCUT2D eigenvalue weighted by Gasteiger charge is 2.08. The van der Waals surface area contributed by atoms with E-state index < -0.39 is 5.83 Å². The zero-order chi connectivity index (χ0) is 12.3. The predicted molar refractivity (Wildman–Crippen MR) is 66.7 cm³/mol. The third-order valence-corrected chi connectivity index (χ3v) is 3.02. The Morgan fingerprint density at radius 3 is 2.69 bits per heavy atom. The van der Waals surface area contributed by atoms with Crippen LogP contribution in [0, 0.1) is 17.2 Å². The summed E-state index contributed by atoms with van der Waals surface area (Å²) in [5, 5.41) is 9.91. The Kier molecular flexibility index (Phi) is 3.86. The first-order chi connectivity index (χ1) is 7.51. The van der Waals surface area contributed by atoms with Gasteiger partial charge in [-0.05, 0) is 12.0 Å². The summed E-state index contributed by atoms with van der Waals surface area (Å²) in [6, 6.07) is 2.01. The number of nitrogen functional groups attached to an aromatic ring is 1. The molecule has 2 N–H and O–H groups in total. The van der Waals surface area contributed by atoms with Crippen LogP contribution in [-0.2, 0) is 0 Å². The molecule has 0 aliphatic rings. The molecule has 1 rings (SSSR count). The Balaban J connectivity index is 3.82. The molecule has 1 aromatic rings. The van der Waals surface area contributed by atoms with E-state index in [4.69, 9.17) is 11.0 Å². The summed E-state index contributed by atoms with van der Waals surface area (Å²) < 4.78 is 13.9. The molecule has 4 heteroatoms. The number of anilines is 1. The van der Waals surface area contributed by atoms with Crippen LogP contribution in [0.3, 0.4) is 0 Å². The van der Waals surface area contributed by atoms with Crippen molar-refractivity contribution in [3.63, 3.8) is 0 Å². The van der Waals surface area contributed by atoms with E-state index in [2.05, 4.69) is 6.58 Å². The van der Waals surface area contributed by atoms with Gasteiger partial charge >= 0.3 is 0 Å². The van der Waals surface area contributed by atoms with Gasteiger partial charge in [0, 0.05) is 5.22 Å². The van der Waals surface area contributed by atoms with Crippen molar-refractivity contribution >= 4 is 28.2 Å². The molecule has 0 spiro atoms. The molecule has 1 aromatic heterocycles. The minimum atomic E-state index is -0.440. The van der Waals surface area contributed by atoms with E-state index in [-0.39, 0.29) is 5.92 Å². The molecule has 84 valence electrons. The van der Waals surface area contributed by atoms with Crippen LogP contribution in [0.1, 0.15) is 19.4 Å². The van der Waals surface area contributed by atoms with Crippen LogP contribution in [0.25, 0.3) is 11.9 Å². The lowest BCUT2D eigenvalue weighted by atomic mass is 10.1. The molecule has 0 amide bonds. The molecular weight excluding hydrogens is 223 g/mol. The third kappa shape index (κ3) is 2.31. The number of hydrogen-bond donors (Lipinski definition) is 1. The number of rotatable bonds is 2. The number of halogens is 1. The number of nitrogens with zero attached hydrogens (tertiary/aromatic N) is 1. The van der Waals surface area contributed by atoms with Gasteiger partial charge in [-0.3, -0.25) is 0 Å². The predicted octanol–water partition coefficient (Wildman–Crippen LogP) is 1.90. The molecule has 0 aliphatic carbocycles. The summed E-state index contributed by atoms with van der Waals surface area (Å²) >= 11 is 1.08. The molecule has 0 saturated heterocycles. The molecule has 0 radical (unpaired) electrons. The smallest absolute Gasteiger partial charge is 0.140 e. The van der Waals surface area contributed by atoms with Crippen molar-refractivity contribution in [2.75, 3.05) is 5.73 Å². The number of thiophene rings is 1. The summed E-state index contributed by atoms with van der Waals surface area (Å²) in [5.74, 6) is -0.220. The van der Waals surface area contributed by atoms with Crippen molar-refractivity contribution < 1.29 is 4.39 Å². The Bertz CT molecular complexity index is 561. The summed E-state index contributed by atoms with van der Waals surface area (Å²) in [7, 11) is 0. The fraction of sp³-hybridized carbons (Fsp3) is 0.250. The van der Waals surface area contributed by atoms with E-state index in [0.29, 0.717) is 20.3 Å². The maximum atomic E-state index is 13.5. The van der Waals surface area contributed by atoms with Crippen LogP contribution in [0.15, 0.2) is 12.7 Å². The lowest BCUT2D eigenvalue weighted by Gasteiger charge is -1.92. The van der Waals surface area contributed by atoms with Gasteiger partial charge in [0.2, 0.25) is 0 Å². The standard InChI is InChI=1S/C12H13FN2S/c1-4-10(13)11-8(5-7(2)3)9(6-14)12(15)16-11/h4-5,7H,1,15H2,2-3H3/b8-5+,11-10-. The van der Waals surface area contributed by atoms with Gasteiger partial charge in [0.25, 0.3) is 0 Å². The minimum absolute atomic E-state index is 0.220. The van der Waals surface area contributed by atoms with Crippen LogP contribution in [0.2, 0.25) is 0 Å². The first kappa shape index (κ1) is 12.5. The van der Waals surface area contributed by atoms with E-state index in [9.17, 15) is 4.39 Å². The van der Waals surface area contributed by atoms with Crippen LogP contribution < -0.4 is 15.5 Å². The molecule has 0 bridgehead atoms. The largest absolute Gasteiger partial charge is 0.389 e. The Hall–Kier alpha value is -1.60. The second-order valence-electron chi connectivity index (χ2n) is 3.66. The summed E-state index contributed by atoms with van der Waals surface area (Å²) in [6.07, 6.45) is 2.97. The maximum absolute atomic E-state index is 13.5. The van der Waals surface area contributed by atoms with Crippen molar-refractivity contribution in [2.45, 2.75) is 13.8 Å². The normalized spacial score (nSPS) is 13.8. The van der Waals surface area contributed by atoms with E-state index in [0.717, 1.165) is 17.4 Å². The second-order valence-corrected chi connectivity index (χ2v) is 4.71. The van der Waals surface area contributed by atoms with Crippen LogP contribution >= 0.6 is 11.3 Å². The molecule has 16 heavy (non-hydrogen) atoms. The summed E-state index contributed by atoms with van der Waals surface area (Å²) in [5.41, 5.74) is 6.04. The highest BCUT2D eigenvalue weighted by molar-refractivity contribution is 7.14. The molecule has 0 atom stereocenters. The topological polar surface area (TPSA) is 49.8 Å². The van der Waals surface area contributed by atoms with Crippen molar-refractivity contribution in [2.24, 2.45) is 5.92 Å². The monoisotopic (exact) mass is 236 g/mol. The third-order valence-electron chi connectivity index (χ3n) is 1.98. The Morgan fingerprint density at radius 2 is 2.25 bits per heavy atom. The van der Waals surface area contributed by atoms with Gasteiger partial charge in [0.15, 0.2) is 0 Å². The number of nitrogens with two attached hydrogens (primary N) is 1. The quantitative estimate of drug-likeness (QED) is 0.852. The van der Waals surface area contributed by atoms with Gasteiger partial charge in [0.05, 0.1) is 10.1 Å². The fourth-order valence-electron chi connectivity index (χ4n) is 1.34. The molecule has 0 unspecified atom stereocenters. The van der Waals surface area contributed by atoms with Crippen LogP contribution in [-0.4, -0.2) is 0 Å². The minimum Gasteiger partial charge on any atom is -0.389 e. The maximum Gasteiger partial charge on any atom is 0.140 e. The number of hydrogen-bond acceptors (Lipinski definition) is 3. The van der Waals surface area contributed by atoms with E-state index in [1.54, 1.807) is 0 Å². The molecule has 2 nitrogen and oxygen atoms in total. The van der Waals surface area contributed by atoms with Crippen molar-refractivity contribution in [3.8, 4) is 6.07 Å². The van der Waals surface area contributed by atoms with Crippen molar-refractivity contribution in [3.05, 3.63) is 28.0 Å². The zero-order valence-corrected chi connectivity index (χ0v) is 10.1. The SMILES string of the molecule is C=C/C(F)=c1/sc(N)c(C#N)/c1=C\C(C)C. The van der Waals surface area contributed by atoms with Gasteiger partial charge in [-0.15, -0.1) is 11.3 Å². The van der Waals surface area contributed by atoms with E-state index in [1.165, 1.54) is 0 Å². The highest BCUT2D eigenvalue weighted by Crippen LogP contribution is 2.11. The molecule has 1 heterocycles. The average molecular weight is 236 g/mol. The van der Waals surface area contributed by atoms with E-state index >= 15 is 0 Å². The van der Waals surface area contributed by atoms with Crippen molar-refractivity contribution in [1.82, 2.24) is 0 Å². The number of nitriles is 1. The molecule has 0 aliphatic heterocycles. The first-order valence-electron chi connectivity index (χ1n) is 4.83. The van der Waals surface area contributed by atoms with Gasteiger partial charge in [0.1, 0.15) is 16.9 Å². The summed E-state index contributed by atoms with van der Waals surface area (Å²) in [6.45, 7) is 7.30. The van der Waals surface area contributed by atoms with Crippen molar-refractivity contribution in [1.29, 1.82) is 5.26 Å². The zero-order valence-electron chi connectivity index (χ0n) is 9.25. The highest BCUT2D eigenvalue weighted by atomic mass is 32.1.